The van der Waals surface area contributed by atoms with E-state index in [4.69, 9.17) is 23.2 Å². The highest BCUT2D eigenvalue weighted by Crippen LogP contribution is 2.29. The molecule has 0 spiro atoms. The molecule has 3 aromatic rings. The first-order valence-corrected chi connectivity index (χ1v) is 10.5. The fourth-order valence-electron chi connectivity index (χ4n) is 2.21. The molecule has 1 aromatic heterocycles. The number of rotatable bonds is 4. The SMILES string of the molecule is CS(=O)(=O)c1ccc2nc(NC(=O)Cc3c(Cl)cccc3Cl)sc2c1. The lowest BCUT2D eigenvalue weighted by atomic mass is 10.1. The Labute approximate surface area is 158 Å². The van der Waals surface area contributed by atoms with Crippen LogP contribution in [-0.2, 0) is 21.1 Å². The highest BCUT2D eigenvalue weighted by molar-refractivity contribution is 7.90. The number of nitrogens with zero attached hydrogens (tertiary/aromatic N) is 1. The van der Waals surface area contributed by atoms with Crippen LogP contribution in [0, 0.1) is 0 Å². The molecule has 0 atom stereocenters. The number of amides is 1. The van der Waals surface area contributed by atoms with E-state index >= 15 is 0 Å². The molecule has 9 heteroatoms. The van der Waals surface area contributed by atoms with Gasteiger partial charge in [-0.05, 0) is 35.9 Å². The van der Waals surface area contributed by atoms with Gasteiger partial charge in [0.2, 0.25) is 5.91 Å². The Morgan fingerprint density at radius 2 is 1.88 bits per heavy atom. The molecule has 1 N–H and O–H groups in total. The normalized spacial score (nSPS) is 11.6. The minimum atomic E-state index is -3.30. The Hall–Kier alpha value is -1.67. The third kappa shape index (κ3) is 4.12. The first-order chi connectivity index (χ1) is 11.7. The van der Waals surface area contributed by atoms with Crippen molar-refractivity contribution in [3.63, 3.8) is 0 Å². The van der Waals surface area contributed by atoms with E-state index in [-0.39, 0.29) is 17.2 Å². The van der Waals surface area contributed by atoms with Crippen LogP contribution >= 0.6 is 34.5 Å². The predicted octanol–water partition coefficient (Wildman–Crippen LogP) is 4.19. The summed E-state index contributed by atoms with van der Waals surface area (Å²) in [5, 5.41) is 3.92. The van der Waals surface area contributed by atoms with Gasteiger partial charge in [0, 0.05) is 16.3 Å². The summed E-state index contributed by atoms with van der Waals surface area (Å²) in [5.74, 6) is -0.308. The molecule has 0 fully saturated rings. The summed E-state index contributed by atoms with van der Waals surface area (Å²) in [4.78, 5) is 16.7. The Morgan fingerprint density at radius 1 is 1.20 bits per heavy atom. The van der Waals surface area contributed by atoms with E-state index in [0.29, 0.717) is 31.0 Å². The number of aromatic nitrogens is 1. The fourth-order valence-corrected chi connectivity index (χ4v) is 4.39. The second kappa shape index (κ2) is 6.92. The first-order valence-electron chi connectivity index (χ1n) is 7.07. The standard InChI is InChI=1S/C16H12Cl2N2O3S2/c1-25(22,23)9-5-6-13-14(7-9)24-16(19-13)20-15(21)8-10-11(17)3-2-4-12(10)18/h2-7H,8H2,1H3,(H,19,20,21). The van der Waals surface area contributed by atoms with Crippen molar-refractivity contribution in [2.45, 2.75) is 11.3 Å². The van der Waals surface area contributed by atoms with Crippen LogP contribution in [-0.4, -0.2) is 25.6 Å². The number of carbonyl (C=O) groups excluding carboxylic acids is 1. The van der Waals surface area contributed by atoms with Gasteiger partial charge in [-0.1, -0.05) is 40.6 Å². The quantitative estimate of drug-likeness (QED) is 0.694. The van der Waals surface area contributed by atoms with Crippen molar-refractivity contribution in [1.29, 1.82) is 0 Å². The van der Waals surface area contributed by atoms with E-state index in [1.165, 1.54) is 17.4 Å². The van der Waals surface area contributed by atoms with Gasteiger partial charge >= 0.3 is 0 Å². The van der Waals surface area contributed by atoms with Crippen LogP contribution in [0.1, 0.15) is 5.56 Å². The fraction of sp³-hybridized carbons (Fsp3) is 0.125. The van der Waals surface area contributed by atoms with Crippen molar-refractivity contribution in [3.8, 4) is 0 Å². The van der Waals surface area contributed by atoms with Crippen molar-refractivity contribution < 1.29 is 13.2 Å². The molecule has 3 rings (SSSR count). The third-order valence-corrected chi connectivity index (χ3v) is 6.19. The molecule has 0 aliphatic rings. The predicted molar refractivity (Wildman–Crippen MR) is 102 cm³/mol. The number of nitrogens with one attached hydrogen (secondary N) is 1. The molecule has 0 saturated carbocycles. The van der Waals surface area contributed by atoms with Gasteiger partial charge in [-0.25, -0.2) is 13.4 Å². The van der Waals surface area contributed by atoms with Gasteiger partial charge in [0.15, 0.2) is 15.0 Å². The highest BCUT2D eigenvalue weighted by Gasteiger charge is 2.14. The van der Waals surface area contributed by atoms with Crippen molar-refractivity contribution in [1.82, 2.24) is 4.98 Å². The number of fused-ring (bicyclic) bond motifs is 1. The Bertz CT molecular complexity index is 1060. The van der Waals surface area contributed by atoms with Gasteiger partial charge in [0.1, 0.15) is 0 Å². The first kappa shape index (κ1) is 18.1. The molecule has 0 saturated heterocycles. The van der Waals surface area contributed by atoms with Gasteiger partial charge < -0.3 is 5.32 Å². The minimum Gasteiger partial charge on any atom is -0.302 e. The molecule has 2 aromatic carbocycles. The third-order valence-electron chi connectivity index (χ3n) is 3.43. The summed E-state index contributed by atoms with van der Waals surface area (Å²) < 4.78 is 23.9. The smallest absolute Gasteiger partial charge is 0.230 e. The molecule has 0 unspecified atom stereocenters. The number of carbonyl (C=O) groups is 1. The summed E-state index contributed by atoms with van der Waals surface area (Å²) in [5.41, 5.74) is 1.16. The van der Waals surface area contributed by atoms with E-state index < -0.39 is 9.84 Å². The zero-order valence-corrected chi connectivity index (χ0v) is 16.1. The zero-order valence-electron chi connectivity index (χ0n) is 12.9. The topological polar surface area (TPSA) is 76.1 Å². The van der Waals surface area contributed by atoms with E-state index in [9.17, 15) is 13.2 Å². The molecular weight excluding hydrogens is 403 g/mol. The summed E-state index contributed by atoms with van der Waals surface area (Å²) in [6, 6.07) is 9.69. The molecule has 0 aliphatic heterocycles. The lowest BCUT2D eigenvalue weighted by Gasteiger charge is -2.06. The van der Waals surface area contributed by atoms with Crippen LogP contribution < -0.4 is 5.32 Å². The number of hydrogen-bond acceptors (Lipinski definition) is 5. The molecule has 1 heterocycles. The molecular formula is C16H12Cl2N2O3S2. The number of sulfone groups is 1. The van der Waals surface area contributed by atoms with Crippen LogP contribution in [0.2, 0.25) is 10.0 Å². The lowest BCUT2D eigenvalue weighted by molar-refractivity contribution is -0.115. The Balaban J connectivity index is 1.82. The molecule has 0 radical (unpaired) electrons. The van der Waals surface area contributed by atoms with Crippen LogP contribution in [0.25, 0.3) is 10.2 Å². The van der Waals surface area contributed by atoms with E-state index in [1.807, 2.05) is 0 Å². The number of anilines is 1. The average molecular weight is 415 g/mol. The second-order valence-electron chi connectivity index (χ2n) is 5.35. The second-order valence-corrected chi connectivity index (χ2v) is 9.21. The van der Waals surface area contributed by atoms with Crippen molar-refractivity contribution in [3.05, 3.63) is 52.0 Å². The number of thiazole rings is 1. The maximum absolute atomic E-state index is 12.2. The molecule has 0 bridgehead atoms. The highest BCUT2D eigenvalue weighted by atomic mass is 35.5. The zero-order chi connectivity index (χ0) is 18.2. The Kier molecular flexibility index (Phi) is 5.02. The maximum atomic E-state index is 12.2. The summed E-state index contributed by atoms with van der Waals surface area (Å²) >= 11 is 13.3. The largest absolute Gasteiger partial charge is 0.302 e. The van der Waals surface area contributed by atoms with Crippen LogP contribution in [0.3, 0.4) is 0 Å². The molecule has 130 valence electrons. The van der Waals surface area contributed by atoms with Crippen molar-refractivity contribution in [2.75, 3.05) is 11.6 Å². The molecule has 0 aliphatic carbocycles. The van der Waals surface area contributed by atoms with Crippen LogP contribution in [0.5, 0.6) is 0 Å². The van der Waals surface area contributed by atoms with Gasteiger partial charge in [-0.2, -0.15) is 0 Å². The van der Waals surface area contributed by atoms with E-state index in [0.717, 1.165) is 6.26 Å². The van der Waals surface area contributed by atoms with Crippen LogP contribution in [0.4, 0.5) is 5.13 Å². The van der Waals surface area contributed by atoms with Crippen LogP contribution in [0.15, 0.2) is 41.3 Å². The summed E-state index contributed by atoms with van der Waals surface area (Å²) in [6.45, 7) is 0. The van der Waals surface area contributed by atoms with Gasteiger partial charge in [0.05, 0.1) is 21.5 Å². The number of benzene rings is 2. The average Bonchev–Trinajstić information content (AvgIpc) is 2.91. The minimum absolute atomic E-state index is 0.0169. The van der Waals surface area contributed by atoms with E-state index in [2.05, 4.69) is 10.3 Å². The summed E-state index contributed by atoms with van der Waals surface area (Å²) in [6.07, 6.45) is 1.16. The molecule has 25 heavy (non-hydrogen) atoms. The van der Waals surface area contributed by atoms with Gasteiger partial charge in [-0.15, -0.1) is 0 Å². The number of hydrogen-bond donors (Lipinski definition) is 1. The van der Waals surface area contributed by atoms with Crippen molar-refractivity contribution >= 4 is 65.6 Å². The number of halogens is 2. The lowest BCUT2D eigenvalue weighted by Crippen LogP contribution is -2.14. The molecule has 5 nitrogen and oxygen atoms in total. The summed E-state index contributed by atoms with van der Waals surface area (Å²) in [7, 11) is -3.30. The van der Waals surface area contributed by atoms with Gasteiger partial charge in [-0.3, -0.25) is 4.79 Å². The molecule has 1 amide bonds. The van der Waals surface area contributed by atoms with E-state index in [1.54, 1.807) is 30.3 Å². The monoisotopic (exact) mass is 414 g/mol. The Morgan fingerprint density at radius 3 is 2.52 bits per heavy atom. The maximum Gasteiger partial charge on any atom is 0.230 e. The van der Waals surface area contributed by atoms with Crippen molar-refractivity contribution in [2.24, 2.45) is 0 Å². The van der Waals surface area contributed by atoms with Gasteiger partial charge in [0.25, 0.3) is 0 Å².